The highest BCUT2D eigenvalue weighted by Crippen LogP contribution is 2.27. The molecule has 0 bridgehead atoms. The van der Waals surface area contributed by atoms with Gasteiger partial charge in [-0.25, -0.2) is 4.79 Å². The van der Waals surface area contributed by atoms with Crippen LogP contribution in [0.3, 0.4) is 0 Å². The second-order valence-corrected chi connectivity index (χ2v) is 4.53. The van der Waals surface area contributed by atoms with E-state index in [4.69, 9.17) is 4.55 Å². The highest BCUT2D eigenvalue weighted by molar-refractivity contribution is 7.88. The lowest BCUT2D eigenvalue weighted by atomic mass is 10.0. The van der Waals surface area contributed by atoms with E-state index in [1.165, 1.54) is 12.2 Å². The van der Waals surface area contributed by atoms with Crippen molar-refractivity contribution < 1.29 is 22.5 Å². The van der Waals surface area contributed by atoms with Crippen LogP contribution in [-0.4, -0.2) is 30.8 Å². The number of rotatable bonds is 2. The van der Waals surface area contributed by atoms with E-state index < -0.39 is 20.8 Å². The van der Waals surface area contributed by atoms with E-state index in [1.807, 2.05) is 0 Å². The lowest BCUT2D eigenvalue weighted by molar-refractivity contribution is -0.142. The number of carbonyl (C=O) groups is 1. The molecule has 0 heterocycles. The third kappa shape index (κ3) is 1.58. The van der Waals surface area contributed by atoms with Gasteiger partial charge in [-0.1, -0.05) is 18.2 Å². The average molecular weight is 218 g/mol. The Labute approximate surface area is 81.8 Å². The largest absolute Gasteiger partial charge is 0.468 e. The van der Waals surface area contributed by atoms with E-state index >= 15 is 0 Å². The molecule has 0 spiro atoms. The molecule has 6 heteroatoms. The highest BCUT2D eigenvalue weighted by atomic mass is 32.2. The molecule has 0 aliphatic heterocycles. The Hall–Kier alpha value is -1.14. The third-order valence-corrected chi connectivity index (χ3v) is 3.41. The molecule has 1 N–H and O–H groups in total. The van der Waals surface area contributed by atoms with Crippen molar-refractivity contribution in [1.82, 2.24) is 0 Å². The Morgan fingerprint density at radius 2 is 2.14 bits per heavy atom. The van der Waals surface area contributed by atoms with Crippen LogP contribution in [0.4, 0.5) is 0 Å². The Morgan fingerprint density at radius 1 is 1.50 bits per heavy atom. The normalized spacial score (nSPS) is 26.1. The van der Waals surface area contributed by atoms with Crippen molar-refractivity contribution >= 4 is 16.1 Å². The van der Waals surface area contributed by atoms with E-state index in [0.29, 0.717) is 0 Å². The molecular weight excluding hydrogens is 208 g/mol. The third-order valence-electron chi connectivity index (χ3n) is 2.02. The van der Waals surface area contributed by atoms with Gasteiger partial charge in [0.2, 0.25) is 4.75 Å². The minimum atomic E-state index is -4.51. The SMILES string of the molecule is COC(=O)C1(S(=O)(=O)O)C=CC=CC1. The molecule has 0 aromatic rings. The number of ether oxygens (including phenoxy) is 1. The van der Waals surface area contributed by atoms with Crippen LogP contribution in [0.2, 0.25) is 0 Å². The molecule has 0 aromatic carbocycles. The molecule has 14 heavy (non-hydrogen) atoms. The van der Waals surface area contributed by atoms with Crippen LogP contribution >= 0.6 is 0 Å². The summed E-state index contributed by atoms with van der Waals surface area (Å²) in [6.45, 7) is 0. The fourth-order valence-corrected chi connectivity index (χ4v) is 2.07. The number of hydrogen-bond donors (Lipinski definition) is 1. The zero-order valence-electron chi connectivity index (χ0n) is 7.50. The zero-order chi connectivity index (χ0) is 10.8. The number of allylic oxidation sites excluding steroid dienone is 3. The maximum atomic E-state index is 11.3. The summed E-state index contributed by atoms with van der Waals surface area (Å²) in [5, 5.41) is 0. The van der Waals surface area contributed by atoms with Crippen molar-refractivity contribution in [3.63, 3.8) is 0 Å². The number of esters is 1. The first-order valence-corrected chi connectivity index (χ1v) is 5.28. The first kappa shape index (κ1) is 10.9. The minimum absolute atomic E-state index is 0.116. The Balaban J connectivity index is 3.24. The summed E-state index contributed by atoms with van der Waals surface area (Å²) in [7, 11) is -3.44. The maximum Gasteiger partial charge on any atom is 0.334 e. The molecular formula is C8H10O5S. The molecule has 1 unspecified atom stereocenters. The second-order valence-electron chi connectivity index (χ2n) is 2.85. The molecule has 1 atom stereocenters. The van der Waals surface area contributed by atoms with Gasteiger partial charge in [0.05, 0.1) is 7.11 Å². The van der Waals surface area contributed by atoms with Crippen LogP contribution in [0.5, 0.6) is 0 Å². The summed E-state index contributed by atoms with van der Waals surface area (Å²) in [4.78, 5) is 11.3. The van der Waals surface area contributed by atoms with E-state index in [9.17, 15) is 13.2 Å². The quantitative estimate of drug-likeness (QED) is 0.532. The smallest absolute Gasteiger partial charge is 0.334 e. The first-order chi connectivity index (χ1) is 6.44. The molecule has 1 rings (SSSR count). The van der Waals surface area contributed by atoms with Crippen LogP contribution in [-0.2, 0) is 19.6 Å². The summed E-state index contributed by atoms with van der Waals surface area (Å²) < 4.78 is 33.5. The monoisotopic (exact) mass is 218 g/mol. The average Bonchev–Trinajstić information content (AvgIpc) is 2.16. The number of carbonyl (C=O) groups excluding carboxylic acids is 1. The van der Waals surface area contributed by atoms with Gasteiger partial charge in [0.25, 0.3) is 10.1 Å². The van der Waals surface area contributed by atoms with Crippen LogP contribution < -0.4 is 0 Å². The molecule has 0 saturated carbocycles. The standard InChI is InChI=1S/C8H10O5S/c1-13-7(9)8(14(10,11)12)5-3-2-4-6-8/h2-5H,6H2,1H3,(H,10,11,12). The van der Waals surface area contributed by atoms with Crippen molar-refractivity contribution in [2.75, 3.05) is 7.11 Å². The Kier molecular flexibility index (Phi) is 2.77. The molecule has 0 radical (unpaired) electrons. The molecule has 0 fully saturated rings. The second kappa shape index (κ2) is 3.55. The first-order valence-electron chi connectivity index (χ1n) is 3.84. The zero-order valence-corrected chi connectivity index (χ0v) is 8.32. The fourth-order valence-electron chi connectivity index (χ4n) is 1.22. The van der Waals surface area contributed by atoms with E-state index in [0.717, 1.165) is 13.2 Å². The lowest BCUT2D eigenvalue weighted by Crippen LogP contribution is -2.45. The maximum absolute atomic E-state index is 11.3. The molecule has 78 valence electrons. The van der Waals surface area contributed by atoms with E-state index in [2.05, 4.69) is 4.74 Å². The van der Waals surface area contributed by atoms with Crippen molar-refractivity contribution in [2.24, 2.45) is 0 Å². The highest BCUT2D eigenvalue weighted by Gasteiger charge is 2.49. The summed E-state index contributed by atoms with van der Waals surface area (Å²) >= 11 is 0. The fraction of sp³-hybridized carbons (Fsp3) is 0.375. The van der Waals surface area contributed by atoms with Gasteiger partial charge in [0.15, 0.2) is 0 Å². The molecule has 1 aliphatic carbocycles. The van der Waals surface area contributed by atoms with Crippen molar-refractivity contribution in [3.8, 4) is 0 Å². The van der Waals surface area contributed by atoms with Gasteiger partial charge in [-0.05, 0) is 6.08 Å². The molecule has 0 aromatic heterocycles. The van der Waals surface area contributed by atoms with Crippen molar-refractivity contribution in [2.45, 2.75) is 11.2 Å². The van der Waals surface area contributed by atoms with E-state index in [-0.39, 0.29) is 6.42 Å². The predicted octanol–water partition coefficient (Wildman–Crippen LogP) is 0.302. The van der Waals surface area contributed by atoms with Gasteiger partial charge in [0.1, 0.15) is 0 Å². The van der Waals surface area contributed by atoms with Crippen LogP contribution in [0.15, 0.2) is 24.3 Å². The Morgan fingerprint density at radius 3 is 2.50 bits per heavy atom. The van der Waals surface area contributed by atoms with Crippen LogP contribution in [0, 0.1) is 0 Å². The summed E-state index contributed by atoms with van der Waals surface area (Å²) in [5.74, 6) is -0.986. The van der Waals surface area contributed by atoms with E-state index in [1.54, 1.807) is 6.08 Å². The van der Waals surface area contributed by atoms with Gasteiger partial charge in [-0.3, -0.25) is 4.55 Å². The summed E-state index contributed by atoms with van der Waals surface area (Å²) in [6.07, 6.45) is 5.45. The molecule has 0 saturated heterocycles. The molecule has 5 nitrogen and oxygen atoms in total. The summed E-state index contributed by atoms with van der Waals surface area (Å²) in [5.41, 5.74) is 0. The number of methoxy groups -OCH3 is 1. The Bertz CT molecular complexity index is 392. The molecule has 0 amide bonds. The lowest BCUT2D eigenvalue weighted by Gasteiger charge is -2.24. The van der Waals surface area contributed by atoms with Crippen LogP contribution in [0.1, 0.15) is 6.42 Å². The minimum Gasteiger partial charge on any atom is -0.468 e. The number of hydrogen-bond acceptors (Lipinski definition) is 4. The predicted molar refractivity (Wildman–Crippen MR) is 49.2 cm³/mol. The van der Waals surface area contributed by atoms with Crippen LogP contribution in [0.25, 0.3) is 0 Å². The van der Waals surface area contributed by atoms with Crippen molar-refractivity contribution in [1.29, 1.82) is 0 Å². The van der Waals surface area contributed by atoms with Crippen molar-refractivity contribution in [3.05, 3.63) is 24.3 Å². The van der Waals surface area contributed by atoms with Gasteiger partial charge >= 0.3 is 5.97 Å². The van der Waals surface area contributed by atoms with Gasteiger partial charge in [-0.15, -0.1) is 0 Å². The van der Waals surface area contributed by atoms with Gasteiger partial charge in [-0.2, -0.15) is 8.42 Å². The summed E-state index contributed by atoms with van der Waals surface area (Å²) in [6, 6.07) is 0. The molecule has 1 aliphatic rings. The topological polar surface area (TPSA) is 80.7 Å². The van der Waals surface area contributed by atoms with Gasteiger partial charge in [0, 0.05) is 6.42 Å². The van der Waals surface area contributed by atoms with Gasteiger partial charge < -0.3 is 4.74 Å².